The molecule has 2 aromatic rings. The zero-order valence-corrected chi connectivity index (χ0v) is 13.6. The standard InChI is InChI=1S/C19H24N2O2/c1-21-12-10-16(11-13-21)5-4-15-6-8-17(9-7-15)20-19(22)18-3-2-14-23-18/h2-3,6-9,14,16H,4-5,10-13H2,1H3,(H,20,22). The fourth-order valence-corrected chi connectivity index (χ4v) is 3.08. The van der Waals surface area contributed by atoms with Crippen LogP contribution < -0.4 is 5.32 Å². The van der Waals surface area contributed by atoms with Gasteiger partial charge in [0, 0.05) is 5.69 Å². The van der Waals surface area contributed by atoms with Gasteiger partial charge in [-0.2, -0.15) is 0 Å². The number of nitrogens with one attached hydrogen (secondary N) is 1. The summed E-state index contributed by atoms with van der Waals surface area (Å²) in [4.78, 5) is 14.3. The van der Waals surface area contributed by atoms with Crippen molar-refractivity contribution in [3.63, 3.8) is 0 Å². The molecule has 1 aromatic carbocycles. The van der Waals surface area contributed by atoms with Gasteiger partial charge in [0.05, 0.1) is 6.26 Å². The number of rotatable bonds is 5. The Morgan fingerprint density at radius 3 is 2.61 bits per heavy atom. The highest BCUT2D eigenvalue weighted by atomic mass is 16.3. The SMILES string of the molecule is CN1CCC(CCc2ccc(NC(=O)c3ccco3)cc2)CC1. The first-order valence-electron chi connectivity index (χ1n) is 8.33. The fraction of sp³-hybridized carbons (Fsp3) is 0.421. The van der Waals surface area contributed by atoms with Crippen molar-refractivity contribution in [2.75, 3.05) is 25.5 Å². The number of aryl methyl sites for hydroxylation is 1. The summed E-state index contributed by atoms with van der Waals surface area (Å²) < 4.78 is 5.09. The molecule has 4 nitrogen and oxygen atoms in total. The summed E-state index contributed by atoms with van der Waals surface area (Å²) in [7, 11) is 2.20. The first kappa shape index (κ1) is 15.8. The normalized spacial score (nSPS) is 16.4. The van der Waals surface area contributed by atoms with Crippen LogP contribution in [0.4, 0.5) is 5.69 Å². The van der Waals surface area contributed by atoms with Gasteiger partial charge in [-0.05, 0) is 81.6 Å². The molecular weight excluding hydrogens is 288 g/mol. The van der Waals surface area contributed by atoms with Crippen molar-refractivity contribution < 1.29 is 9.21 Å². The van der Waals surface area contributed by atoms with Gasteiger partial charge in [0.25, 0.3) is 5.91 Å². The molecule has 0 unspecified atom stereocenters. The summed E-state index contributed by atoms with van der Waals surface area (Å²) in [5.41, 5.74) is 2.13. The van der Waals surface area contributed by atoms with Crippen molar-refractivity contribution in [1.29, 1.82) is 0 Å². The van der Waals surface area contributed by atoms with Gasteiger partial charge < -0.3 is 14.6 Å². The molecule has 1 aliphatic heterocycles. The number of amides is 1. The number of piperidine rings is 1. The maximum atomic E-state index is 11.9. The van der Waals surface area contributed by atoms with E-state index in [0.29, 0.717) is 5.76 Å². The Morgan fingerprint density at radius 2 is 1.96 bits per heavy atom. The molecule has 4 heteroatoms. The smallest absolute Gasteiger partial charge is 0.291 e. The van der Waals surface area contributed by atoms with Gasteiger partial charge in [-0.3, -0.25) is 4.79 Å². The van der Waals surface area contributed by atoms with Crippen LogP contribution in [-0.2, 0) is 6.42 Å². The molecule has 122 valence electrons. The summed E-state index contributed by atoms with van der Waals surface area (Å²) in [5, 5.41) is 2.84. The van der Waals surface area contributed by atoms with Crippen LogP contribution in [-0.4, -0.2) is 30.9 Å². The Morgan fingerprint density at radius 1 is 1.22 bits per heavy atom. The van der Waals surface area contributed by atoms with Crippen LogP contribution in [0.15, 0.2) is 47.1 Å². The Labute approximate surface area is 137 Å². The number of carbonyl (C=O) groups is 1. The lowest BCUT2D eigenvalue weighted by Crippen LogP contribution is -2.30. The van der Waals surface area contributed by atoms with E-state index >= 15 is 0 Å². The minimum atomic E-state index is -0.214. The van der Waals surface area contributed by atoms with Gasteiger partial charge in [-0.1, -0.05) is 12.1 Å². The predicted octanol–water partition coefficient (Wildman–Crippen LogP) is 3.81. The van der Waals surface area contributed by atoms with Crippen LogP contribution in [0.2, 0.25) is 0 Å². The van der Waals surface area contributed by atoms with Crippen molar-refractivity contribution in [2.45, 2.75) is 25.7 Å². The van der Waals surface area contributed by atoms with Gasteiger partial charge in [-0.25, -0.2) is 0 Å². The molecule has 3 rings (SSSR count). The van der Waals surface area contributed by atoms with Crippen LogP contribution in [0, 0.1) is 5.92 Å². The molecule has 23 heavy (non-hydrogen) atoms. The molecule has 1 aliphatic rings. The number of hydrogen-bond donors (Lipinski definition) is 1. The van der Waals surface area contributed by atoms with Crippen LogP contribution in [0.1, 0.15) is 35.4 Å². The van der Waals surface area contributed by atoms with Crippen LogP contribution in [0.25, 0.3) is 0 Å². The Kier molecular flexibility index (Phi) is 5.13. The second-order valence-corrected chi connectivity index (χ2v) is 6.41. The lowest BCUT2D eigenvalue weighted by molar-refractivity contribution is 0.0996. The van der Waals surface area contributed by atoms with Gasteiger partial charge in [0.2, 0.25) is 0 Å². The largest absolute Gasteiger partial charge is 0.459 e. The molecule has 0 saturated carbocycles. The van der Waals surface area contributed by atoms with Crippen LogP contribution in [0.5, 0.6) is 0 Å². The molecule has 0 radical (unpaired) electrons. The monoisotopic (exact) mass is 312 g/mol. The number of nitrogens with zero attached hydrogens (tertiary/aromatic N) is 1. The first-order valence-corrected chi connectivity index (χ1v) is 8.33. The topological polar surface area (TPSA) is 45.5 Å². The van der Waals surface area contributed by atoms with Crippen molar-refractivity contribution in [1.82, 2.24) is 4.90 Å². The van der Waals surface area contributed by atoms with Gasteiger partial charge >= 0.3 is 0 Å². The molecule has 0 atom stereocenters. The maximum absolute atomic E-state index is 11.9. The lowest BCUT2D eigenvalue weighted by Gasteiger charge is -2.28. The maximum Gasteiger partial charge on any atom is 0.291 e. The summed E-state index contributed by atoms with van der Waals surface area (Å²) in [6.07, 6.45) is 6.50. The molecule has 1 aromatic heterocycles. The highest BCUT2D eigenvalue weighted by molar-refractivity contribution is 6.02. The lowest BCUT2D eigenvalue weighted by atomic mass is 9.91. The van der Waals surface area contributed by atoms with Crippen molar-refractivity contribution in [3.05, 3.63) is 54.0 Å². The van der Waals surface area contributed by atoms with Crippen LogP contribution >= 0.6 is 0 Å². The Bertz CT molecular complexity index is 611. The van der Waals surface area contributed by atoms with Crippen molar-refractivity contribution in [2.24, 2.45) is 5.92 Å². The molecule has 0 spiro atoms. The quantitative estimate of drug-likeness (QED) is 0.913. The fourth-order valence-electron chi connectivity index (χ4n) is 3.08. The van der Waals surface area contributed by atoms with E-state index in [1.165, 1.54) is 44.2 Å². The number of furan rings is 1. The average Bonchev–Trinajstić information content (AvgIpc) is 3.10. The average molecular weight is 312 g/mol. The number of hydrogen-bond acceptors (Lipinski definition) is 3. The number of anilines is 1. The second-order valence-electron chi connectivity index (χ2n) is 6.41. The highest BCUT2D eigenvalue weighted by Gasteiger charge is 2.16. The zero-order chi connectivity index (χ0) is 16.1. The minimum Gasteiger partial charge on any atom is -0.459 e. The molecule has 1 N–H and O–H groups in total. The van der Waals surface area contributed by atoms with E-state index in [1.807, 2.05) is 12.1 Å². The summed E-state index contributed by atoms with van der Waals surface area (Å²) >= 11 is 0. The number of likely N-dealkylation sites (tertiary alicyclic amines) is 1. The molecular formula is C19H24N2O2. The van der Waals surface area contributed by atoms with E-state index in [4.69, 9.17) is 4.42 Å². The van der Waals surface area contributed by atoms with E-state index < -0.39 is 0 Å². The summed E-state index contributed by atoms with van der Waals surface area (Å²) in [6.45, 7) is 2.45. The summed E-state index contributed by atoms with van der Waals surface area (Å²) in [5.74, 6) is 0.968. The molecule has 0 aliphatic carbocycles. The third-order valence-corrected chi connectivity index (χ3v) is 4.64. The van der Waals surface area contributed by atoms with Crippen molar-refractivity contribution >= 4 is 11.6 Å². The molecule has 1 amide bonds. The third-order valence-electron chi connectivity index (χ3n) is 4.64. The molecule has 2 heterocycles. The van der Waals surface area contributed by atoms with E-state index in [-0.39, 0.29) is 5.91 Å². The summed E-state index contributed by atoms with van der Waals surface area (Å²) in [6, 6.07) is 11.5. The first-order chi connectivity index (χ1) is 11.2. The van der Waals surface area contributed by atoms with E-state index in [0.717, 1.165) is 18.0 Å². The van der Waals surface area contributed by atoms with E-state index in [1.54, 1.807) is 12.1 Å². The van der Waals surface area contributed by atoms with Crippen LogP contribution in [0.3, 0.4) is 0 Å². The van der Waals surface area contributed by atoms with Gasteiger partial charge in [0.15, 0.2) is 5.76 Å². The van der Waals surface area contributed by atoms with E-state index in [2.05, 4.69) is 29.4 Å². The number of benzene rings is 1. The van der Waals surface area contributed by atoms with Gasteiger partial charge in [-0.15, -0.1) is 0 Å². The molecule has 1 saturated heterocycles. The van der Waals surface area contributed by atoms with Crippen molar-refractivity contribution in [3.8, 4) is 0 Å². The van der Waals surface area contributed by atoms with Gasteiger partial charge in [0.1, 0.15) is 0 Å². The zero-order valence-electron chi connectivity index (χ0n) is 13.6. The second kappa shape index (κ2) is 7.47. The van der Waals surface area contributed by atoms with E-state index in [9.17, 15) is 4.79 Å². The number of carbonyl (C=O) groups excluding carboxylic acids is 1. The molecule has 1 fully saturated rings. The Hall–Kier alpha value is -2.07. The predicted molar refractivity (Wildman–Crippen MR) is 91.6 cm³/mol. The third kappa shape index (κ3) is 4.45. The molecule has 0 bridgehead atoms. The highest BCUT2D eigenvalue weighted by Crippen LogP contribution is 2.22. The Balaban J connectivity index is 1.48. The minimum absolute atomic E-state index is 0.214.